The normalized spacial score (nSPS) is 12.4. The molecule has 0 aliphatic rings. The summed E-state index contributed by atoms with van der Waals surface area (Å²) in [5.41, 5.74) is 5.62. The number of halogens is 2. The standard InChI is InChI=1S/C22H19Cl2N5O4S/c1-34(33,27-12-19(25)30)16-6-2-13(3-7-16)21(31)28-18-8-4-14(23)10-17(18)22(32)29-20-9-5-15(24)11-26-20/h2-11H,1,12H2,(H2,25,30)(H,27,33)(H,28,31)(H,26,29,32). The third-order valence-corrected chi connectivity index (χ3v) is 6.52. The molecule has 5 N–H and O–H groups in total. The molecule has 3 amide bonds. The number of hydrogen-bond acceptors (Lipinski definition) is 5. The highest BCUT2D eigenvalue weighted by molar-refractivity contribution is 7.98. The number of rotatable bonds is 8. The van der Waals surface area contributed by atoms with E-state index in [0.29, 0.717) is 10.0 Å². The van der Waals surface area contributed by atoms with Gasteiger partial charge in [-0.3, -0.25) is 14.4 Å². The second kappa shape index (κ2) is 10.7. The molecule has 1 aromatic heterocycles. The van der Waals surface area contributed by atoms with Crippen LogP contribution in [0.15, 0.2) is 65.7 Å². The van der Waals surface area contributed by atoms with Crippen molar-refractivity contribution in [1.29, 1.82) is 0 Å². The minimum absolute atomic E-state index is 0.116. The van der Waals surface area contributed by atoms with E-state index in [1.165, 1.54) is 54.7 Å². The number of carbonyl (C=O) groups is 3. The summed E-state index contributed by atoms with van der Waals surface area (Å²) in [6.45, 7) is -0.308. The van der Waals surface area contributed by atoms with Gasteiger partial charge in [0.05, 0.1) is 32.5 Å². The Hall–Kier alpha value is -3.44. The molecule has 0 spiro atoms. The Morgan fingerprint density at radius 3 is 2.24 bits per heavy atom. The Morgan fingerprint density at radius 2 is 1.62 bits per heavy atom. The first-order valence-corrected chi connectivity index (χ1v) is 12.1. The Kier molecular flexibility index (Phi) is 7.90. The quantitative estimate of drug-likeness (QED) is 0.338. The van der Waals surface area contributed by atoms with Gasteiger partial charge < -0.3 is 16.4 Å². The summed E-state index contributed by atoms with van der Waals surface area (Å²) in [5, 5.41) is 5.99. The monoisotopic (exact) mass is 519 g/mol. The number of hydrogen-bond donors (Lipinski definition) is 4. The molecule has 9 nitrogen and oxygen atoms in total. The lowest BCUT2D eigenvalue weighted by molar-refractivity contribution is -0.116. The van der Waals surface area contributed by atoms with Gasteiger partial charge in [0, 0.05) is 21.7 Å². The molecule has 0 saturated heterocycles. The first-order chi connectivity index (χ1) is 16.0. The number of amides is 3. The fourth-order valence-corrected chi connectivity index (χ4v) is 4.14. The van der Waals surface area contributed by atoms with Crippen molar-refractivity contribution < 1.29 is 18.6 Å². The molecule has 3 rings (SSSR count). The number of aromatic nitrogens is 1. The van der Waals surface area contributed by atoms with E-state index in [2.05, 4.69) is 26.2 Å². The van der Waals surface area contributed by atoms with Crippen LogP contribution in [0.3, 0.4) is 0 Å². The maximum atomic E-state index is 12.8. The average Bonchev–Trinajstić information content (AvgIpc) is 2.80. The number of benzene rings is 2. The molecule has 176 valence electrons. The molecule has 0 aliphatic carbocycles. The molecule has 0 aliphatic heterocycles. The SMILES string of the molecule is C=S(=O)(NCC(N)=O)c1ccc(C(=O)Nc2ccc(Cl)cc2C(=O)Nc2ccc(Cl)cn2)cc1. The predicted octanol–water partition coefficient (Wildman–Crippen LogP) is 2.96. The molecule has 1 heterocycles. The van der Waals surface area contributed by atoms with E-state index in [1.54, 1.807) is 6.07 Å². The maximum Gasteiger partial charge on any atom is 0.258 e. The third-order valence-electron chi connectivity index (χ3n) is 4.42. The summed E-state index contributed by atoms with van der Waals surface area (Å²) < 4.78 is 15.1. The summed E-state index contributed by atoms with van der Waals surface area (Å²) in [5.74, 6) is 2.10. The van der Waals surface area contributed by atoms with Crippen LogP contribution in [0.25, 0.3) is 0 Å². The Bertz CT molecular complexity index is 1340. The Balaban J connectivity index is 1.77. The number of nitrogens with one attached hydrogen (secondary N) is 3. The highest BCUT2D eigenvalue weighted by atomic mass is 35.5. The second-order valence-electron chi connectivity index (χ2n) is 6.95. The van der Waals surface area contributed by atoms with Gasteiger partial charge in [-0.1, -0.05) is 23.2 Å². The highest BCUT2D eigenvalue weighted by Crippen LogP contribution is 2.23. The van der Waals surface area contributed by atoms with Crippen molar-refractivity contribution in [2.75, 3.05) is 17.2 Å². The Labute approximate surface area is 205 Å². The smallest absolute Gasteiger partial charge is 0.258 e. The van der Waals surface area contributed by atoms with Gasteiger partial charge in [-0.25, -0.2) is 13.9 Å². The lowest BCUT2D eigenvalue weighted by Crippen LogP contribution is -2.33. The van der Waals surface area contributed by atoms with Crippen molar-refractivity contribution in [2.24, 2.45) is 5.73 Å². The van der Waals surface area contributed by atoms with Gasteiger partial charge in [0.1, 0.15) is 5.82 Å². The van der Waals surface area contributed by atoms with Gasteiger partial charge in [0.25, 0.3) is 11.8 Å². The second-order valence-corrected chi connectivity index (χ2v) is 9.93. The number of primary amides is 1. The lowest BCUT2D eigenvalue weighted by atomic mass is 10.1. The van der Waals surface area contributed by atoms with Crippen molar-refractivity contribution in [3.05, 3.63) is 82.0 Å². The molecule has 34 heavy (non-hydrogen) atoms. The first kappa shape index (κ1) is 25.2. The van der Waals surface area contributed by atoms with Crippen molar-refractivity contribution in [1.82, 2.24) is 9.71 Å². The van der Waals surface area contributed by atoms with E-state index in [-0.39, 0.29) is 34.1 Å². The van der Waals surface area contributed by atoms with Gasteiger partial charge >= 0.3 is 0 Å². The molecule has 1 unspecified atom stereocenters. The molecule has 0 radical (unpaired) electrons. The van der Waals surface area contributed by atoms with E-state index >= 15 is 0 Å². The molecule has 0 fully saturated rings. The number of carbonyl (C=O) groups excluding carboxylic acids is 3. The van der Waals surface area contributed by atoms with E-state index in [0.717, 1.165) is 0 Å². The van der Waals surface area contributed by atoms with E-state index in [9.17, 15) is 18.6 Å². The summed E-state index contributed by atoms with van der Waals surface area (Å²) in [4.78, 5) is 40.8. The van der Waals surface area contributed by atoms with Gasteiger partial charge in [-0.2, -0.15) is 0 Å². The average molecular weight is 520 g/mol. The zero-order chi connectivity index (χ0) is 24.9. The van der Waals surface area contributed by atoms with Crippen molar-refractivity contribution in [2.45, 2.75) is 4.90 Å². The Morgan fingerprint density at radius 1 is 0.941 bits per heavy atom. The fourth-order valence-electron chi connectivity index (χ4n) is 2.74. The summed E-state index contributed by atoms with van der Waals surface area (Å²) in [6, 6.07) is 13.3. The van der Waals surface area contributed by atoms with Crippen LogP contribution in [0.5, 0.6) is 0 Å². The lowest BCUT2D eigenvalue weighted by Gasteiger charge is -2.13. The van der Waals surface area contributed by atoms with Crippen LogP contribution in [0.2, 0.25) is 10.0 Å². The number of pyridine rings is 1. The zero-order valence-electron chi connectivity index (χ0n) is 17.5. The summed E-state index contributed by atoms with van der Waals surface area (Å²) in [6.07, 6.45) is 1.38. The third kappa shape index (κ3) is 6.55. The maximum absolute atomic E-state index is 12.8. The van der Waals surface area contributed by atoms with Gasteiger partial charge in [-0.05, 0) is 60.5 Å². The van der Waals surface area contributed by atoms with Gasteiger partial charge in [-0.15, -0.1) is 0 Å². The predicted molar refractivity (Wildman–Crippen MR) is 134 cm³/mol. The molecule has 2 aromatic carbocycles. The largest absolute Gasteiger partial charge is 0.369 e. The minimum atomic E-state index is -2.98. The number of nitrogens with two attached hydrogens (primary N) is 1. The minimum Gasteiger partial charge on any atom is -0.369 e. The van der Waals surface area contributed by atoms with Crippen LogP contribution < -0.4 is 21.1 Å². The molecule has 12 heteroatoms. The fraction of sp³-hybridized carbons (Fsp3) is 0.0455. The summed E-state index contributed by atoms with van der Waals surface area (Å²) >= 11 is 11.9. The molecular weight excluding hydrogens is 501 g/mol. The van der Waals surface area contributed by atoms with Crippen LogP contribution in [0.1, 0.15) is 20.7 Å². The topological polar surface area (TPSA) is 143 Å². The van der Waals surface area contributed by atoms with E-state index in [4.69, 9.17) is 28.9 Å². The summed E-state index contributed by atoms with van der Waals surface area (Å²) in [7, 11) is -2.98. The molecular formula is C22H19Cl2N5O4S. The van der Waals surface area contributed by atoms with E-state index in [1.807, 2.05) is 0 Å². The first-order valence-electron chi connectivity index (χ1n) is 9.59. The van der Waals surface area contributed by atoms with Crippen LogP contribution in [0.4, 0.5) is 11.5 Å². The van der Waals surface area contributed by atoms with Crippen LogP contribution in [-0.4, -0.2) is 39.3 Å². The van der Waals surface area contributed by atoms with Crippen LogP contribution in [0, 0.1) is 0 Å². The number of nitrogens with zero attached hydrogens (tertiary/aromatic N) is 1. The van der Waals surface area contributed by atoms with Crippen molar-refractivity contribution in [3.63, 3.8) is 0 Å². The van der Waals surface area contributed by atoms with Crippen LogP contribution in [-0.2, 0) is 14.5 Å². The van der Waals surface area contributed by atoms with Crippen LogP contribution >= 0.6 is 23.2 Å². The highest BCUT2D eigenvalue weighted by Gasteiger charge is 2.17. The molecule has 0 saturated carbocycles. The molecule has 0 bridgehead atoms. The van der Waals surface area contributed by atoms with Gasteiger partial charge in [0.2, 0.25) is 5.91 Å². The van der Waals surface area contributed by atoms with Crippen molar-refractivity contribution in [3.8, 4) is 0 Å². The van der Waals surface area contributed by atoms with Crippen molar-refractivity contribution >= 4 is 68.0 Å². The van der Waals surface area contributed by atoms with E-state index < -0.39 is 27.4 Å². The van der Waals surface area contributed by atoms with Gasteiger partial charge in [0.15, 0.2) is 0 Å². The zero-order valence-corrected chi connectivity index (χ0v) is 19.8. The molecule has 1 atom stereocenters. The molecule has 3 aromatic rings. The number of anilines is 2.